The zero-order chi connectivity index (χ0) is 23.8. The van der Waals surface area contributed by atoms with Gasteiger partial charge in [-0.05, 0) is 74.1 Å². The van der Waals surface area contributed by atoms with Gasteiger partial charge in [-0.15, -0.1) is 0 Å². The number of pyridine rings is 2. The molecule has 0 atom stereocenters. The zero-order valence-electron chi connectivity index (χ0n) is 18.6. The largest absolute Gasteiger partial charge is 0.429 e. The molecule has 33 heavy (non-hydrogen) atoms. The SMILES string of the molecule is CC(C)(O)C(C)(C)c1ccc(-c2nc(-c3ccc(F)cc3)oc2Sc2ccc(Cl)cn2)cn1. The van der Waals surface area contributed by atoms with Crippen molar-refractivity contribution in [2.45, 2.75) is 48.8 Å². The van der Waals surface area contributed by atoms with Gasteiger partial charge in [0.15, 0.2) is 5.09 Å². The first-order valence-electron chi connectivity index (χ1n) is 10.3. The van der Waals surface area contributed by atoms with E-state index in [0.717, 1.165) is 11.3 Å². The third kappa shape index (κ3) is 4.95. The van der Waals surface area contributed by atoms with E-state index in [1.807, 2.05) is 26.0 Å². The van der Waals surface area contributed by atoms with Crippen LogP contribution in [0.5, 0.6) is 0 Å². The Morgan fingerprint density at radius 1 is 0.909 bits per heavy atom. The van der Waals surface area contributed by atoms with E-state index < -0.39 is 11.0 Å². The Morgan fingerprint density at radius 3 is 2.18 bits per heavy atom. The van der Waals surface area contributed by atoms with Gasteiger partial charge < -0.3 is 9.52 Å². The lowest BCUT2D eigenvalue weighted by Gasteiger charge is -2.36. The number of nitrogens with zero attached hydrogens (tertiary/aromatic N) is 3. The first-order chi connectivity index (χ1) is 15.5. The van der Waals surface area contributed by atoms with Crippen LogP contribution in [0.25, 0.3) is 22.7 Å². The second-order valence-electron chi connectivity index (χ2n) is 8.69. The minimum atomic E-state index is -0.952. The van der Waals surface area contributed by atoms with E-state index in [-0.39, 0.29) is 5.82 Å². The van der Waals surface area contributed by atoms with E-state index in [1.165, 1.54) is 23.9 Å². The maximum absolute atomic E-state index is 13.4. The molecular formula is C25H23ClFN3O2S. The normalized spacial score (nSPS) is 12.2. The lowest BCUT2D eigenvalue weighted by molar-refractivity contribution is 0.00777. The number of hydrogen-bond donors (Lipinski definition) is 1. The van der Waals surface area contributed by atoms with Gasteiger partial charge in [-0.2, -0.15) is 0 Å². The first kappa shape index (κ1) is 23.4. The van der Waals surface area contributed by atoms with Crippen molar-refractivity contribution in [3.05, 3.63) is 77.5 Å². The molecule has 0 unspecified atom stereocenters. The number of benzene rings is 1. The van der Waals surface area contributed by atoms with Crippen LogP contribution in [0.4, 0.5) is 4.39 Å². The van der Waals surface area contributed by atoms with Crippen molar-refractivity contribution in [2.24, 2.45) is 0 Å². The monoisotopic (exact) mass is 483 g/mol. The average Bonchev–Trinajstić information content (AvgIpc) is 3.19. The molecule has 0 aliphatic carbocycles. The molecule has 170 valence electrons. The van der Waals surface area contributed by atoms with E-state index in [1.54, 1.807) is 50.5 Å². The molecule has 0 aliphatic rings. The maximum atomic E-state index is 13.4. The van der Waals surface area contributed by atoms with Gasteiger partial charge in [-0.1, -0.05) is 25.4 Å². The van der Waals surface area contributed by atoms with Gasteiger partial charge >= 0.3 is 0 Å². The van der Waals surface area contributed by atoms with E-state index in [4.69, 9.17) is 16.0 Å². The average molecular weight is 484 g/mol. The van der Waals surface area contributed by atoms with Crippen molar-refractivity contribution in [3.8, 4) is 22.7 Å². The van der Waals surface area contributed by atoms with Crippen LogP contribution in [0, 0.1) is 5.82 Å². The molecule has 3 heterocycles. The van der Waals surface area contributed by atoms with Crippen LogP contribution in [0.2, 0.25) is 5.02 Å². The molecule has 0 amide bonds. The van der Waals surface area contributed by atoms with E-state index in [9.17, 15) is 9.50 Å². The molecule has 0 spiro atoms. The summed E-state index contributed by atoms with van der Waals surface area (Å²) < 4.78 is 19.5. The summed E-state index contributed by atoms with van der Waals surface area (Å²) >= 11 is 7.27. The summed E-state index contributed by atoms with van der Waals surface area (Å²) in [6, 6.07) is 13.3. The van der Waals surface area contributed by atoms with Crippen molar-refractivity contribution in [1.82, 2.24) is 15.0 Å². The van der Waals surface area contributed by atoms with Crippen LogP contribution in [0.3, 0.4) is 0 Å². The van der Waals surface area contributed by atoms with Gasteiger partial charge in [0.05, 0.1) is 10.6 Å². The zero-order valence-corrected chi connectivity index (χ0v) is 20.2. The van der Waals surface area contributed by atoms with Gasteiger partial charge in [0.25, 0.3) is 0 Å². The fourth-order valence-electron chi connectivity index (χ4n) is 3.01. The maximum Gasteiger partial charge on any atom is 0.228 e. The van der Waals surface area contributed by atoms with Crippen molar-refractivity contribution >= 4 is 23.4 Å². The van der Waals surface area contributed by atoms with Crippen LogP contribution >= 0.6 is 23.4 Å². The highest BCUT2D eigenvalue weighted by Gasteiger charge is 2.37. The summed E-state index contributed by atoms with van der Waals surface area (Å²) in [7, 11) is 0. The van der Waals surface area contributed by atoms with Gasteiger partial charge in [-0.25, -0.2) is 14.4 Å². The van der Waals surface area contributed by atoms with E-state index in [0.29, 0.717) is 32.3 Å². The number of oxazole rings is 1. The van der Waals surface area contributed by atoms with Crippen LogP contribution in [-0.2, 0) is 5.41 Å². The summed E-state index contributed by atoms with van der Waals surface area (Å²) in [6.07, 6.45) is 3.28. The fourth-order valence-corrected chi connectivity index (χ4v) is 3.93. The predicted molar refractivity (Wildman–Crippen MR) is 128 cm³/mol. The predicted octanol–water partition coefficient (Wildman–Crippen LogP) is 6.79. The Balaban J connectivity index is 1.75. The van der Waals surface area contributed by atoms with Crippen LogP contribution in [0.15, 0.2) is 75.5 Å². The van der Waals surface area contributed by atoms with Crippen LogP contribution in [-0.4, -0.2) is 25.7 Å². The minimum absolute atomic E-state index is 0.334. The van der Waals surface area contributed by atoms with Crippen molar-refractivity contribution in [3.63, 3.8) is 0 Å². The number of hydrogen-bond acceptors (Lipinski definition) is 6. The van der Waals surface area contributed by atoms with Gasteiger partial charge in [0.1, 0.15) is 16.5 Å². The standard InChI is InChI=1S/C25H23ClFN3O2S/c1-24(2,25(3,4)31)19-11-7-16(13-28-19)21-23(33-20-12-8-17(26)14-29-20)32-22(30-21)15-5-9-18(27)10-6-15/h5-14,31H,1-4H3. The second kappa shape index (κ2) is 8.89. The van der Waals surface area contributed by atoms with Crippen LogP contribution < -0.4 is 0 Å². The van der Waals surface area contributed by atoms with Gasteiger partial charge in [0.2, 0.25) is 5.89 Å². The molecule has 0 bridgehead atoms. The Kier molecular flexibility index (Phi) is 6.31. The lowest BCUT2D eigenvalue weighted by atomic mass is 9.74. The highest BCUT2D eigenvalue weighted by Crippen LogP contribution is 2.39. The molecule has 4 aromatic rings. The molecule has 0 saturated heterocycles. The highest BCUT2D eigenvalue weighted by molar-refractivity contribution is 7.99. The third-order valence-corrected chi connectivity index (χ3v) is 6.93. The Hall–Kier alpha value is -2.74. The summed E-state index contributed by atoms with van der Waals surface area (Å²) in [6.45, 7) is 7.43. The molecule has 5 nitrogen and oxygen atoms in total. The molecule has 0 saturated carbocycles. The Morgan fingerprint density at radius 2 is 1.61 bits per heavy atom. The smallest absolute Gasteiger partial charge is 0.228 e. The third-order valence-electron chi connectivity index (χ3n) is 5.79. The summed E-state index contributed by atoms with van der Waals surface area (Å²) in [5.74, 6) is 0.0297. The Labute approximate surface area is 201 Å². The van der Waals surface area contributed by atoms with Crippen LogP contribution in [0.1, 0.15) is 33.4 Å². The van der Waals surface area contributed by atoms with Gasteiger partial charge in [0, 0.05) is 34.6 Å². The molecule has 0 aliphatic heterocycles. The molecule has 4 rings (SSSR count). The second-order valence-corrected chi connectivity index (χ2v) is 10.1. The molecule has 1 N–H and O–H groups in total. The quantitative estimate of drug-likeness (QED) is 0.325. The van der Waals surface area contributed by atoms with Crippen molar-refractivity contribution in [2.75, 3.05) is 0 Å². The molecular weight excluding hydrogens is 461 g/mol. The number of aliphatic hydroxyl groups is 1. The Bertz CT molecular complexity index is 1250. The summed E-state index contributed by atoms with van der Waals surface area (Å²) in [4.78, 5) is 13.6. The lowest BCUT2D eigenvalue weighted by Crippen LogP contribution is -2.43. The van der Waals surface area contributed by atoms with Crippen molar-refractivity contribution in [1.29, 1.82) is 0 Å². The molecule has 0 fully saturated rings. The van der Waals surface area contributed by atoms with Crippen molar-refractivity contribution < 1.29 is 13.9 Å². The summed E-state index contributed by atoms with van der Waals surface area (Å²) in [5, 5.41) is 12.3. The molecule has 8 heteroatoms. The fraction of sp³-hybridized carbons (Fsp3) is 0.240. The van der Waals surface area contributed by atoms with E-state index in [2.05, 4.69) is 15.0 Å². The highest BCUT2D eigenvalue weighted by atomic mass is 35.5. The molecule has 1 aromatic carbocycles. The molecule has 0 radical (unpaired) electrons. The number of halogens is 2. The van der Waals surface area contributed by atoms with Gasteiger partial charge in [-0.3, -0.25) is 4.98 Å². The topological polar surface area (TPSA) is 72.0 Å². The summed E-state index contributed by atoms with van der Waals surface area (Å²) in [5.41, 5.74) is 1.25. The van der Waals surface area contributed by atoms with E-state index >= 15 is 0 Å². The number of rotatable bonds is 6. The number of aromatic nitrogens is 3. The molecule has 3 aromatic heterocycles. The first-order valence-corrected chi connectivity index (χ1v) is 11.5. The minimum Gasteiger partial charge on any atom is -0.429 e.